The molecule has 1 aromatic rings. The summed E-state index contributed by atoms with van der Waals surface area (Å²) in [6.45, 7) is 4.44. The van der Waals surface area contributed by atoms with Crippen LogP contribution in [0.15, 0.2) is 18.5 Å². The van der Waals surface area contributed by atoms with Crippen LogP contribution in [0.25, 0.3) is 0 Å². The zero-order chi connectivity index (χ0) is 13.1. The molecule has 2 atom stereocenters. The average Bonchev–Trinajstić information content (AvgIpc) is 2.27. The minimum Gasteiger partial charge on any atom is -0.505 e. The Morgan fingerprint density at radius 2 is 2.00 bits per heavy atom. The van der Waals surface area contributed by atoms with Crippen molar-refractivity contribution in [2.45, 2.75) is 39.2 Å². The van der Waals surface area contributed by atoms with Crippen molar-refractivity contribution in [2.75, 3.05) is 0 Å². The van der Waals surface area contributed by atoms with E-state index in [1.54, 1.807) is 6.07 Å². The zero-order valence-corrected chi connectivity index (χ0v) is 10.9. The minimum absolute atomic E-state index is 0.0630. The summed E-state index contributed by atoms with van der Waals surface area (Å²) in [5.74, 6) is 1.02. The molecule has 0 radical (unpaired) electrons. The maximum absolute atomic E-state index is 12.0. The molecular formula is C14H20N2O2. The molecule has 2 unspecified atom stereocenters. The molecule has 1 amide bonds. The molecule has 0 saturated heterocycles. The summed E-state index contributed by atoms with van der Waals surface area (Å²) >= 11 is 0. The number of amides is 1. The Balaban J connectivity index is 2.01. The largest absolute Gasteiger partial charge is 0.505 e. The molecule has 1 heterocycles. The summed E-state index contributed by atoms with van der Waals surface area (Å²) in [5.41, 5.74) is 0.302. The standard InChI is InChI=1S/C14H20N2O2/c1-9-5-10(2)7-11(6-9)16-14(18)12-3-4-15-8-13(12)17/h3-4,8-11,17H,5-7H2,1-2H3,(H,16,18). The third-order valence-electron chi connectivity index (χ3n) is 3.56. The Morgan fingerprint density at radius 1 is 1.33 bits per heavy atom. The predicted molar refractivity (Wildman–Crippen MR) is 69.3 cm³/mol. The minimum atomic E-state index is -0.207. The first kappa shape index (κ1) is 12.9. The first-order valence-electron chi connectivity index (χ1n) is 6.50. The quantitative estimate of drug-likeness (QED) is 0.844. The fourth-order valence-corrected chi connectivity index (χ4v) is 2.91. The molecule has 4 heteroatoms. The van der Waals surface area contributed by atoms with Crippen LogP contribution in [0.3, 0.4) is 0 Å². The van der Waals surface area contributed by atoms with Crippen molar-refractivity contribution in [1.82, 2.24) is 10.3 Å². The van der Waals surface area contributed by atoms with E-state index >= 15 is 0 Å². The van der Waals surface area contributed by atoms with Gasteiger partial charge in [-0.3, -0.25) is 9.78 Å². The van der Waals surface area contributed by atoms with Gasteiger partial charge in [0.1, 0.15) is 5.75 Å². The van der Waals surface area contributed by atoms with Gasteiger partial charge in [-0.15, -0.1) is 0 Å². The van der Waals surface area contributed by atoms with Crippen molar-refractivity contribution in [3.05, 3.63) is 24.0 Å². The van der Waals surface area contributed by atoms with Gasteiger partial charge < -0.3 is 10.4 Å². The van der Waals surface area contributed by atoms with Crippen molar-refractivity contribution in [3.63, 3.8) is 0 Å². The second-order valence-corrected chi connectivity index (χ2v) is 5.48. The van der Waals surface area contributed by atoms with Crippen LogP contribution >= 0.6 is 0 Å². The number of hydrogen-bond acceptors (Lipinski definition) is 3. The predicted octanol–water partition coefficient (Wildman–Crippen LogP) is 2.34. The Labute approximate surface area is 107 Å². The number of nitrogens with one attached hydrogen (secondary N) is 1. The molecule has 2 N–H and O–H groups in total. The van der Waals surface area contributed by atoms with Gasteiger partial charge in [-0.1, -0.05) is 13.8 Å². The van der Waals surface area contributed by atoms with E-state index in [1.165, 1.54) is 18.8 Å². The van der Waals surface area contributed by atoms with Gasteiger partial charge in [-0.2, -0.15) is 0 Å². The fraction of sp³-hybridized carbons (Fsp3) is 0.571. The number of carbonyl (C=O) groups excluding carboxylic acids is 1. The molecule has 0 aromatic carbocycles. The van der Waals surface area contributed by atoms with Crippen LogP contribution in [0.4, 0.5) is 0 Å². The SMILES string of the molecule is CC1CC(C)CC(NC(=O)c2ccncc2O)C1. The Bertz CT molecular complexity index is 424. The highest BCUT2D eigenvalue weighted by atomic mass is 16.3. The smallest absolute Gasteiger partial charge is 0.255 e. The van der Waals surface area contributed by atoms with Crippen LogP contribution in [0.1, 0.15) is 43.5 Å². The Hall–Kier alpha value is -1.58. The number of aromatic hydroxyl groups is 1. The van der Waals surface area contributed by atoms with Gasteiger partial charge in [0.15, 0.2) is 0 Å². The summed E-state index contributed by atoms with van der Waals surface area (Å²) in [4.78, 5) is 15.8. The van der Waals surface area contributed by atoms with Crippen molar-refractivity contribution >= 4 is 5.91 Å². The summed E-state index contributed by atoms with van der Waals surface area (Å²) in [5, 5.41) is 12.6. The highest BCUT2D eigenvalue weighted by Crippen LogP contribution is 2.28. The molecule has 98 valence electrons. The molecule has 1 aliphatic rings. The van der Waals surface area contributed by atoms with Gasteiger partial charge in [0.25, 0.3) is 5.91 Å². The summed E-state index contributed by atoms with van der Waals surface area (Å²) in [6.07, 6.45) is 6.07. The van der Waals surface area contributed by atoms with Crippen LogP contribution in [0.2, 0.25) is 0 Å². The van der Waals surface area contributed by atoms with Gasteiger partial charge in [-0.25, -0.2) is 0 Å². The third kappa shape index (κ3) is 3.00. The van der Waals surface area contributed by atoms with Crippen molar-refractivity contribution in [3.8, 4) is 5.75 Å². The van der Waals surface area contributed by atoms with Crippen LogP contribution in [0.5, 0.6) is 5.75 Å². The van der Waals surface area contributed by atoms with Gasteiger partial charge in [-0.05, 0) is 37.2 Å². The number of nitrogens with zero attached hydrogens (tertiary/aromatic N) is 1. The van der Waals surface area contributed by atoms with Crippen molar-refractivity contribution in [2.24, 2.45) is 11.8 Å². The Kier molecular flexibility index (Phi) is 3.84. The lowest BCUT2D eigenvalue weighted by atomic mass is 9.80. The normalized spacial score (nSPS) is 27.8. The van der Waals surface area contributed by atoms with E-state index in [0.717, 1.165) is 12.8 Å². The molecule has 18 heavy (non-hydrogen) atoms. The third-order valence-corrected chi connectivity index (χ3v) is 3.56. The number of aromatic nitrogens is 1. The molecule has 1 saturated carbocycles. The lowest BCUT2D eigenvalue weighted by Gasteiger charge is -2.32. The van der Waals surface area contributed by atoms with Crippen LogP contribution < -0.4 is 5.32 Å². The Morgan fingerprint density at radius 3 is 2.61 bits per heavy atom. The van der Waals surface area contributed by atoms with E-state index in [1.807, 2.05) is 0 Å². The van der Waals surface area contributed by atoms with Crippen molar-refractivity contribution in [1.29, 1.82) is 0 Å². The van der Waals surface area contributed by atoms with Crippen LogP contribution in [-0.4, -0.2) is 22.0 Å². The molecule has 0 aliphatic heterocycles. The molecule has 2 rings (SSSR count). The molecule has 1 fully saturated rings. The van der Waals surface area contributed by atoms with E-state index in [0.29, 0.717) is 17.4 Å². The van der Waals surface area contributed by atoms with Gasteiger partial charge in [0.05, 0.1) is 11.8 Å². The lowest BCUT2D eigenvalue weighted by Crippen LogP contribution is -2.40. The molecule has 1 aliphatic carbocycles. The van der Waals surface area contributed by atoms with Crippen LogP contribution in [-0.2, 0) is 0 Å². The number of carbonyl (C=O) groups is 1. The molecule has 4 nitrogen and oxygen atoms in total. The van der Waals surface area contributed by atoms with E-state index in [4.69, 9.17) is 0 Å². The van der Waals surface area contributed by atoms with Gasteiger partial charge >= 0.3 is 0 Å². The highest BCUT2D eigenvalue weighted by Gasteiger charge is 2.25. The maximum atomic E-state index is 12.0. The summed E-state index contributed by atoms with van der Waals surface area (Å²) in [7, 11) is 0. The van der Waals surface area contributed by atoms with E-state index in [-0.39, 0.29) is 17.7 Å². The monoisotopic (exact) mass is 248 g/mol. The number of rotatable bonds is 2. The summed E-state index contributed by atoms with van der Waals surface area (Å²) in [6, 6.07) is 1.75. The van der Waals surface area contributed by atoms with Crippen LogP contribution in [0, 0.1) is 11.8 Å². The van der Waals surface area contributed by atoms with E-state index < -0.39 is 0 Å². The second-order valence-electron chi connectivity index (χ2n) is 5.48. The van der Waals surface area contributed by atoms with Gasteiger partial charge in [0.2, 0.25) is 0 Å². The molecule has 1 aromatic heterocycles. The lowest BCUT2D eigenvalue weighted by molar-refractivity contribution is 0.0908. The van der Waals surface area contributed by atoms with E-state index in [9.17, 15) is 9.90 Å². The van der Waals surface area contributed by atoms with Crippen molar-refractivity contribution < 1.29 is 9.90 Å². The molecule has 0 bridgehead atoms. The highest BCUT2D eigenvalue weighted by molar-refractivity contribution is 5.96. The average molecular weight is 248 g/mol. The maximum Gasteiger partial charge on any atom is 0.255 e. The zero-order valence-electron chi connectivity index (χ0n) is 10.9. The first-order chi connectivity index (χ1) is 8.56. The molecule has 0 spiro atoms. The fourth-order valence-electron chi connectivity index (χ4n) is 2.91. The topological polar surface area (TPSA) is 62.2 Å². The number of pyridine rings is 1. The number of hydrogen-bond donors (Lipinski definition) is 2. The van der Waals surface area contributed by atoms with Gasteiger partial charge in [0, 0.05) is 12.2 Å². The summed E-state index contributed by atoms with van der Waals surface area (Å²) < 4.78 is 0. The second kappa shape index (κ2) is 5.38. The first-order valence-corrected chi connectivity index (χ1v) is 6.50. The molecular weight excluding hydrogens is 228 g/mol. The van der Waals surface area contributed by atoms with E-state index in [2.05, 4.69) is 24.1 Å².